The summed E-state index contributed by atoms with van der Waals surface area (Å²) in [4.78, 5) is 12.1. The molecule has 0 aliphatic heterocycles. The van der Waals surface area contributed by atoms with Crippen LogP contribution in [-0.2, 0) is 4.79 Å². The number of benzene rings is 1. The van der Waals surface area contributed by atoms with Gasteiger partial charge in [-0.05, 0) is 25.3 Å². The molecule has 0 bridgehead atoms. The fourth-order valence-corrected chi connectivity index (χ4v) is 1.76. The van der Waals surface area contributed by atoms with E-state index in [4.69, 9.17) is 10.8 Å². The summed E-state index contributed by atoms with van der Waals surface area (Å²) in [6, 6.07) is 8.59. The maximum Gasteiger partial charge on any atom is 0.241 e. The first kappa shape index (κ1) is 14.7. The molecule has 18 heavy (non-hydrogen) atoms. The average molecular weight is 250 g/mol. The van der Waals surface area contributed by atoms with Gasteiger partial charge in [0.1, 0.15) is 6.04 Å². The van der Waals surface area contributed by atoms with Crippen molar-refractivity contribution in [2.24, 2.45) is 5.73 Å². The minimum Gasteiger partial charge on any atom is -0.396 e. The van der Waals surface area contributed by atoms with Crippen molar-refractivity contribution in [1.29, 1.82) is 0 Å². The van der Waals surface area contributed by atoms with E-state index < -0.39 is 11.6 Å². The fraction of sp³-hybridized carbons (Fsp3) is 0.500. The van der Waals surface area contributed by atoms with Gasteiger partial charge in [-0.15, -0.1) is 0 Å². The normalized spacial score (nSPS) is 15.8. The zero-order chi connectivity index (χ0) is 13.6. The van der Waals surface area contributed by atoms with E-state index in [1.165, 1.54) is 0 Å². The van der Waals surface area contributed by atoms with Gasteiger partial charge in [-0.3, -0.25) is 4.79 Å². The first-order chi connectivity index (χ1) is 8.52. The van der Waals surface area contributed by atoms with Crippen LogP contribution in [0, 0.1) is 0 Å². The molecular weight excluding hydrogens is 228 g/mol. The zero-order valence-corrected chi connectivity index (χ0v) is 11.0. The highest BCUT2D eigenvalue weighted by Gasteiger charge is 2.26. The molecule has 1 amide bonds. The number of hydrogen-bond acceptors (Lipinski definition) is 3. The van der Waals surface area contributed by atoms with Crippen molar-refractivity contribution in [3.8, 4) is 0 Å². The van der Waals surface area contributed by atoms with E-state index >= 15 is 0 Å². The van der Waals surface area contributed by atoms with E-state index in [0.717, 1.165) is 12.0 Å². The van der Waals surface area contributed by atoms with Gasteiger partial charge < -0.3 is 16.2 Å². The van der Waals surface area contributed by atoms with Crippen LogP contribution in [0.1, 0.15) is 38.3 Å². The van der Waals surface area contributed by atoms with Crippen LogP contribution >= 0.6 is 0 Å². The lowest BCUT2D eigenvalue weighted by Gasteiger charge is -2.30. The lowest BCUT2D eigenvalue weighted by Crippen LogP contribution is -2.49. The number of nitrogens with one attached hydrogen (secondary N) is 1. The number of aliphatic hydroxyl groups is 1. The first-order valence-corrected chi connectivity index (χ1v) is 6.26. The lowest BCUT2D eigenvalue weighted by atomic mass is 9.94. The standard InChI is InChI=1S/C14H22N2O2/c1-3-14(2,9-10-17)16-13(18)12(15)11-7-5-4-6-8-11/h4-8,12,17H,3,9-10,15H2,1-2H3,(H,16,18)/t12-,14?/m0/s1. The third-order valence-electron chi connectivity index (χ3n) is 3.31. The Morgan fingerprint density at radius 3 is 2.56 bits per heavy atom. The number of carbonyl (C=O) groups excluding carboxylic acids is 1. The highest BCUT2D eigenvalue weighted by atomic mass is 16.3. The van der Waals surface area contributed by atoms with Gasteiger partial charge in [-0.2, -0.15) is 0 Å². The zero-order valence-electron chi connectivity index (χ0n) is 11.0. The minimum atomic E-state index is -0.671. The molecule has 0 heterocycles. The highest BCUT2D eigenvalue weighted by molar-refractivity contribution is 5.83. The molecular formula is C14H22N2O2. The van der Waals surface area contributed by atoms with Gasteiger partial charge in [0.15, 0.2) is 0 Å². The van der Waals surface area contributed by atoms with Gasteiger partial charge in [0.2, 0.25) is 5.91 Å². The second-order valence-electron chi connectivity index (χ2n) is 4.77. The third kappa shape index (κ3) is 3.82. The van der Waals surface area contributed by atoms with E-state index in [1.54, 1.807) is 0 Å². The van der Waals surface area contributed by atoms with Crippen molar-refractivity contribution in [3.63, 3.8) is 0 Å². The summed E-state index contributed by atoms with van der Waals surface area (Å²) in [5.41, 5.74) is 6.31. The molecule has 0 aliphatic carbocycles. The van der Waals surface area contributed by atoms with E-state index in [1.807, 2.05) is 44.2 Å². The largest absolute Gasteiger partial charge is 0.396 e. The van der Waals surface area contributed by atoms with Crippen LogP contribution in [-0.4, -0.2) is 23.2 Å². The van der Waals surface area contributed by atoms with Crippen LogP contribution in [0.3, 0.4) is 0 Å². The average Bonchev–Trinajstić information content (AvgIpc) is 2.39. The second-order valence-corrected chi connectivity index (χ2v) is 4.77. The Hall–Kier alpha value is -1.39. The maximum atomic E-state index is 12.1. The van der Waals surface area contributed by atoms with Gasteiger partial charge in [0.05, 0.1) is 0 Å². The molecule has 2 atom stereocenters. The molecule has 1 rings (SSSR count). The topological polar surface area (TPSA) is 75.3 Å². The SMILES string of the molecule is CCC(C)(CCO)NC(=O)[C@@H](N)c1ccccc1. The number of hydrogen-bond donors (Lipinski definition) is 3. The van der Waals surface area contributed by atoms with Gasteiger partial charge >= 0.3 is 0 Å². The fourth-order valence-electron chi connectivity index (χ4n) is 1.76. The van der Waals surface area contributed by atoms with Gasteiger partial charge in [-0.1, -0.05) is 37.3 Å². The minimum absolute atomic E-state index is 0.0468. The van der Waals surface area contributed by atoms with Gasteiger partial charge in [-0.25, -0.2) is 0 Å². The van der Waals surface area contributed by atoms with Crippen molar-refractivity contribution in [2.75, 3.05) is 6.61 Å². The molecule has 4 heteroatoms. The monoisotopic (exact) mass is 250 g/mol. The third-order valence-corrected chi connectivity index (χ3v) is 3.31. The molecule has 0 radical (unpaired) electrons. The smallest absolute Gasteiger partial charge is 0.241 e. The quantitative estimate of drug-likeness (QED) is 0.713. The number of rotatable bonds is 6. The van der Waals surface area contributed by atoms with Crippen LogP contribution in [0.15, 0.2) is 30.3 Å². The molecule has 0 saturated heterocycles. The van der Waals surface area contributed by atoms with Crippen LogP contribution in [0.4, 0.5) is 0 Å². The second kappa shape index (κ2) is 6.52. The van der Waals surface area contributed by atoms with Crippen molar-refractivity contribution in [1.82, 2.24) is 5.32 Å². The summed E-state index contributed by atoms with van der Waals surface area (Å²) in [5.74, 6) is -0.209. The number of nitrogens with two attached hydrogens (primary N) is 1. The van der Waals surface area contributed by atoms with Crippen molar-refractivity contribution in [3.05, 3.63) is 35.9 Å². The molecule has 0 aliphatic rings. The predicted molar refractivity (Wildman–Crippen MR) is 71.9 cm³/mol. The molecule has 4 N–H and O–H groups in total. The first-order valence-electron chi connectivity index (χ1n) is 6.26. The lowest BCUT2D eigenvalue weighted by molar-refractivity contribution is -0.124. The van der Waals surface area contributed by atoms with Crippen LogP contribution < -0.4 is 11.1 Å². The molecule has 4 nitrogen and oxygen atoms in total. The summed E-state index contributed by atoms with van der Waals surface area (Å²) in [6.45, 7) is 3.94. The van der Waals surface area contributed by atoms with Crippen molar-refractivity contribution in [2.45, 2.75) is 38.3 Å². The highest BCUT2D eigenvalue weighted by Crippen LogP contribution is 2.16. The molecule has 0 aromatic heterocycles. The number of carbonyl (C=O) groups is 1. The predicted octanol–water partition coefficient (Wildman–Crippen LogP) is 1.35. The molecule has 0 saturated carbocycles. The molecule has 1 aromatic carbocycles. The Kier molecular flexibility index (Phi) is 5.31. The van der Waals surface area contributed by atoms with Crippen molar-refractivity contribution >= 4 is 5.91 Å². The van der Waals surface area contributed by atoms with Gasteiger partial charge in [0, 0.05) is 12.1 Å². The van der Waals surface area contributed by atoms with E-state index in [-0.39, 0.29) is 12.5 Å². The molecule has 0 fully saturated rings. The molecule has 100 valence electrons. The molecule has 1 aromatic rings. The van der Waals surface area contributed by atoms with Crippen LogP contribution in [0.2, 0.25) is 0 Å². The van der Waals surface area contributed by atoms with E-state index in [2.05, 4.69) is 5.32 Å². The van der Waals surface area contributed by atoms with E-state index in [9.17, 15) is 4.79 Å². The summed E-state index contributed by atoms with van der Waals surface area (Å²) in [7, 11) is 0. The Balaban J connectivity index is 2.70. The summed E-state index contributed by atoms with van der Waals surface area (Å²) >= 11 is 0. The number of amides is 1. The van der Waals surface area contributed by atoms with Crippen LogP contribution in [0.25, 0.3) is 0 Å². The van der Waals surface area contributed by atoms with Gasteiger partial charge in [0.25, 0.3) is 0 Å². The number of aliphatic hydroxyl groups excluding tert-OH is 1. The van der Waals surface area contributed by atoms with Crippen molar-refractivity contribution < 1.29 is 9.90 Å². The summed E-state index contributed by atoms with van der Waals surface area (Å²) in [5, 5.41) is 11.9. The van der Waals surface area contributed by atoms with E-state index in [0.29, 0.717) is 6.42 Å². The summed E-state index contributed by atoms with van der Waals surface area (Å²) in [6.07, 6.45) is 1.28. The van der Waals surface area contributed by atoms with Crippen LogP contribution in [0.5, 0.6) is 0 Å². The molecule has 0 spiro atoms. The Morgan fingerprint density at radius 2 is 2.06 bits per heavy atom. The molecule has 1 unspecified atom stereocenters. The maximum absolute atomic E-state index is 12.1. The Bertz CT molecular complexity index is 381. The Morgan fingerprint density at radius 1 is 1.44 bits per heavy atom. The summed E-state index contributed by atoms with van der Waals surface area (Å²) < 4.78 is 0. The Labute approximate surface area is 108 Å².